The fraction of sp³-hybridized carbons (Fsp3) is 0.273. The van der Waals surface area contributed by atoms with Gasteiger partial charge in [0.25, 0.3) is 10.9 Å². The Kier molecular flexibility index (Phi) is 5.29. The van der Waals surface area contributed by atoms with Gasteiger partial charge in [-0.2, -0.15) is 0 Å². The standard InChI is InChI=1S/C22H21F2N3O2/c23-16-4-6-18(7-5-16)26-10-12-27(13-11-26)20-19(21(28)22(20)29)25-9-8-15-2-1-3-17(24)14-15/h1-7,14,25H,8-13H2. The van der Waals surface area contributed by atoms with Crippen LogP contribution in [0.2, 0.25) is 0 Å². The van der Waals surface area contributed by atoms with Crippen LogP contribution in [0.25, 0.3) is 0 Å². The molecule has 1 saturated heterocycles. The van der Waals surface area contributed by atoms with E-state index in [2.05, 4.69) is 10.2 Å². The van der Waals surface area contributed by atoms with Crippen LogP contribution in [0.4, 0.5) is 25.8 Å². The maximum atomic E-state index is 13.3. The van der Waals surface area contributed by atoms with Gasteiger partial charge in [0.2, 0.25) is 0 Å². The molecule has 0 saturated carbocycles. The van der Waals surface area contributed by atoms with Gasteiger partial charge >= 0.3 is 0 Å². The van der Waals surface area contributed by atoms with Crippen LogP contribution in [0.15, 0.2) is 58.1 Å². The summed E-state index contributed by atoms with van der Waals surface area (Å²) < 4.78 is 26.4. The number of hydrogen-bond acceptors (Lipinski definition) is 5. The molecular formula is C22H21F2N3O2. The molecule has 1 aliphatic rings. The highest BCUT2D eigenvalue weighted by Gasteiger charge is 2.28. The first-order valence-electron chi connectivity index (χ1n) is 9.60. The zero-order chi connectivity index (χ0) is 20.4. The minimum atomic E-state index is -0.500. The first-order chi connectivity index (χ1) is 14.0. The zero-order valence-corrected chi connectivity index (χ0v) is 15.8. The first-order valence-corrected chi connectivity index (χ1v) is 9.60. The first kappa shape index (κ1) is 19.1. The Labute approximate surface area is 166 Å². The lowest BCUT2D eigenvalue weighted by atomic mass is 10.1. The summed E-state index contributed by atoms with van der Waals surface area (Å²) in [5, 5.41) is 3.05. The molecule has 0 bridgehead atoms. The topological polar surface area (TPSA) is 52.7 Å². The van der Waals surface area contributed by atoms with Crippen molar-refractivity contribution in [3.8, 4) is 0 Å². The maximum absolute atomic E-state index is 13.3. The van der Waals surface area contributed by atoms with Gasteiger partial charge in [0.1, 0.15) is 23.0 Å². The predicted molar refractivity (Wildman–Crippen MR) is 111 cm³/mol. The largest absolute Gasteiger partial charge is 0.380 e. The second kappa shape index (κ2) is 8.03. The molecule has 0 spiro atoms. The van der Waals surface area contributed by atoms with Gasteiger partial charge in [-0.3, -0.25) is 9.59 Å². The Bertz CT molecular complexity index is 1070. The van der Waals surface area contributed by atoms with E-state index in [1.54, 1.807) is 18.2 Å². The predicted octanol–water partition coefficient (Wildman–Crippen LogP) is 2.54. The summed E-state index contributed by atoms with van der Waals surface area (Å²) in [5.41, 5.74) is 1.58. The fourth-order valence-corrected chi connectivity index (χ4v) is 3.71. The second-order valence-corrected chi connectivity index (χ2v) is 7.14. The normalized spacial score (nSPS) is 14.4. The van der Waals surface area contributed by atoms with Crippen LogP contribution >= 0.6 is 0 Å². The molecule has 1 aliphatic heterocycles. The molecular weight excluding hydrogens is 376 g/mol. The second-order valence-electron chi connectivity index (χ2n) is 7.14. The molecule has 0 unspecified atom stereocenters. The molecule has 7 heteroatoms. The van der Waals surface area contributed by atoms with Crippen molar-refractivity contribution in [1.29, 1.82) is 0 Å². The number of anilines is 3. The minimum absolute atomic E-state index is 0.273. The van der Waals surface area contributed by atoms with E-state index in [1.807, 2.05) is 11.0 Å². The number of piperazine rings is 1. The average Bonchev–Trinajstić information content (AvgIpc) is 2.74. The molecule has 0 aliphatic carbocycles. The van der Waals surface area contributed by atoms with Crippen LogP contribution in [0, 0.1) is 11.6 Å². The van der Waals surface area contributed by atoms with Gasteiger partial charge < -0.3 is 15.1 Å². The lowest BCUT2D eigenvalue weighted by Gasteiger charge is -2.38. The molecule has 0 amide bonds. The number of nitrogens with one attached hydrogen (secondary N) is 1. The molecule has 0 radical (unpaired) electrons. The lowest BCUT2D eigenvalue weighted by molar-refractivity contribution is 0.624. The van der Waals surface area contributed by atoms with Gasteiger partial charge in [-0.15, -0.1) is 0 Å². The number of hydrogen-bond donors (Lipinski definition) is 1. The average molecular weight is 397 g/mol. The quantitative estimate of drug-likeness (QED) is 0.648. The molecule has 5 nitrogen and oxygen atoms in total. The molecule has 150 valence electrons. The third-order valence-corrected chi connectivity index (χ3v) is 5.28. The minimum Gasteiger partial charge on any atom is -0.380 e. The summed E-state index contributed by atoms with van der Waals surface area (Å²) in [6.07, 6.45) is 0.550. The molecule has 0 atom stereocenters. The van der Waals surface area contributed by atoms with Gasteiger partial charge in [0, 0.05) is 38.4 Å². The van der Waals surface area contributed by atoms with E-state index in [4.69, 9.17) is 0 Å². The Morgan fingerprint density at radius 2 is 1.52 bits per heavy atom. The monoisotopic (exact) mass is 397 g/mol. The third kappa shape index (κ3) is 3.99. The van der Waals surface area contributed by atoms with Crippen molar-refractivity contribution >= 4 is 17.1 Å². The summed E-state index contributed by atoms with van der Waals surface area (Å²) in [7, 11) is 0. The number of nitrogens with zero attached hydrogens (tertiary/aromatic N) is 2. The van der Waals surface area contributed by atoms with E-state index >= 15 is 0 Å². The van der Waals surface area contributed by atoms with Crippen LogP contribution in [0.5, 0.6) is 0 Å². The van der Waals surface area contributed by atoms with Crippen molar-refractivity contribution in [2.45, 2.75) is 6.42 Å². The fourth-order valence-electron chi connectivity index (χ4n) is 3.71. The van der Waals surface area contributed by atoms with Crippen molar-refractivity contribution in [2.75, 3.05) is 47.8 Å². The van der Waals surface area contributed by atoms with E-state index < -0.39 is 10.9 Å². The van der Waals surface area contributed by atoms with Crippen molar-refractivity contribution < 1.29 is 8.78 Å². The van der Waals surface area contributed by atoms with E-state index in [0.717, 1.165) is 11.3 Å². The molecule has 3 aromatic carbocycles. The summed E-state index contributed by atoms with van der Waals surface area (Å²) in [6, 6.07) is 12.6. The van der Waals surface area contributed by atoms with Crippen LogP contribution < -0.4 is 26.0 Å². The SMILES string of the molecule is O=c1c(NCCc2cccc(F)c2)c(N2CCN(c3ccc(F)cc3)CC2)c1=O. The number of halogens is 2. The van der Waals surface area contributed by atoms with Crippen molar-refractivity contribution in [1.82, 2.24) is 0 Å². The summed E-state index contributed by atoms with van der Waals surface area (Å²) >= 11 is 0. The van der Waals surface area contributed by atoms with Gasteiger partial charge in [-0.25, -0.2) is 8.78 Å². The number of benzene rings is 2. The van der Waals surface area contributed by atoms with Gasteiger partial charge in [-0.05, 0) is 48.4 Å². The molecule has 29 heavy (non-hydrogen) atoms. The highest BCUT2D eigenvalue weighted by molar-refractivity contribution is 5.75. The van der Waals surface area contributed by atoms with Gasteiger partial charge in [-0.1, -0.05) is 12.1 Å². The van der Waals surface area contributed by atoms with Gasteiger partial charge in [0.05, 0.1) is 0 Å². The van der Waals surface area contributed by atoms with Crippen LogP contribution in [0.3, 0.4) is 0 Å². The lowest BCUT2D eigenvalue weighted by Crippen LogP contribution is -2.51. The molecule has 0 aromatic heterocycles. The summed E-state index contributed by atoms with van der Waals surface area (Å²) in [4.78, 5) is 28.2. The maximum Gasteiger partial charge on any atom is 0.253 e. The van der Waals surface area contributed by atoms with E-state index in [0.29, 0.717) is 50.5 Å². The van der Waals surface area contributed by atoms with Crippen LogP contribution in [-0.4, -0.2) is 32.7 Å². The summed E-state index contributed by atoms with van der Waals surface area (Å²) in [5.74, 6) is -0.568. The smallest absolute Gasteiger partial charge is 0.253 e. The molecule has 1 fully saturated rings. The molecule has 1 heterocycles. The van der Waals surface area contributed by atoms with Crippen molar-refractivity contribution in [3.63, 3.8) is 0 Å². The highest BCUT2D eigenvalue weighted by atomic mass is 19.1. The van der Waals surface area contributed by atoms with E-state index in [9.17, 15) is 18.4 Å². The Morgan fingerprint density at radius 3 is 2.21 bits per heavy atom. The Morgan fingerprint density at radius 1 is 0.828 bits per heavy atom. The Hall–Kier alpha value is -3.22. The number of rotatable bonds is 6. The van der Waals surface area contributed by atoms with Crippen molar-refractivity contribution in [3.05, 3.63) is 86.2 Å². The van der Waals surface area contributed by atoms with Crippen LogP contribution in [-0.2, 0) is 6.42 Å². The highest BCUT2D eigenvalue weighted by Crippen LogP contribution is 2.24. The van der Waals surface area contributed by atoms with Gasteiger partial charge in [0.15, 0.2) is 0 Å². The van der Waals surface area contributed by atoms with Crippen LogP contribution in [0.1, 0.15) is 5.56 Å². The Balaban J connectivity index is 1.37. The summed E-state index contributed by atoms with van der Waals surface area (Å²) in [6.45, 7) is 2.98. The molecule has 3 aromatic rings. The molecule has 4 rings (SSSR count). The molecule has 1 N–H and O–H groups in total. The van der Waals surface area contributed by atoms with E-state index in [-0.39, 0.29) is 11.6 Å². The van der Waals surface area contributed by atoms with Crippen molar-refractivity contribution in [2.24, 2.45) is 0 Å². The van der Waals surface area contributed by atoms with E-state index in [1.165, 1.54) is 24.3 Å². The zero-order valence-electron chi connectivity index (χ0n) is 15.8. The third-order valence-electron chi connectivity index (χ3n) is 5.28.